The van der Waals surface area contributed by atoms with Crippen LogP contribution >= 0.6 is 0 Å². The molecule has 1 rings (SSSR count). The van der Waals surface area contributed by atoms with Gasteiger partial charge in [-0.3, -0.25) is 14.4 Å². The first-order valence-corrected chi connectivity index (χ1v) is 6.14. The van der Waals surface area contributed by atoms with Crippen molar-refractivity contribution in [3.8, 4) is 0 Å². The molecule has 0 bridgehead atoms. The van der Waals surface area contributed by atoms with Gasteiger partial charge in [0.2, 0.25) is 11.8 Å². The average Bonchev–Trinajstić information content (AvgIpc) is 2.75. The maximum Gasteiger partial charge on any atom is 0.318 e. The number of carboxylic acid groups (broad SMARTS) is 1. The predicted octanol–water partition coefficient (Wildman–Crippen LogP) is -1.78. The van der Waals surface area contributed by atoms with Gasteiger partial charge in [-0.25, -0.2) is 4.79 Å². The van der Waals surface area contributed by atoms with Gasteiger partial charge in [0.05, 0.1) is 5.92 Å². The highest BCUT2D eigenvalue weighted by molar-refractivity contribution is 5.87. The number of carboxylic acids is 1. The van der Waals surface area contributed by atoms with Gasteiger partial charge in [-0.1, -0.05) is 0 Å². The Morgan fingerprint density at radius 1 is 1.10 bits per heavy atom. The number of carbonyl (C=O) groups excluding carboxylic acids is 3. The fourth-order valence-corrected chi connectivity index (χ4v) is 2.18. The number of aliphatic carboxylic acids is 1. The van der Waals surface area contributed by atoms with Gasteiger partial charge in [0.25, 0.3) is 0 Å². The van der Waals surface area contributed by atoms with Crippen LogP contribution in [0.2, 0.25) is 0 Å². The first-order valence-electron chi connectivity index (χ1n) is 6.14. The lowest BCUT2D eigenvalue weighted by molar-refractivity contribution is -0.141. The minimum Gasteiger partial charge on any atom is -0.481 e. The molecule has 0 unspecified atom stereocenters. The van der Waals surface area contributed by atoms with Gasteiger partial charge in [-0.15, -0.1) is 0 Å². The molecule has 0 heterocycles. The summed E-state index contributed by atoms with van der Waals surface area (Å²) in [5.74, 6) is -2.92. The van der Waals surface area contributed by atoms with Gasteiger partial charge in [0.15, 0.2) is 0 Å². The molecule has 0 radical (unpaired) electrons. The molecule has 0 saturated heterocycles. The topological polar surface area (TPSA) is 156 Å². The lowest BCUT2D eigenvalue weighted by Gasteiger charge is -2.22. The molecule has 1 aliphatic carbocycles. The van der Waals surface area contributed by atoms with E-state index < -0.39 is 42.8 Å². The fourth-order valence-electron chi connectivity index (χ4n) is 2.18. The van der Waals surface area contributed by atoms with Gasteiger partial charge in [0.1, 0.15) is 13.1 Å². The number of nitrogens with two attached hydrogens (primary N) is 2. The molecule has 4 amide bonds. The molecule has 0 spiro atoms. The van der Waals surface area contributed by atoms with E-state index in [1.54, 1.807) is 0 Å². The SMILES string of the molecule is NC(=O)CN(CC(N)=O)C(=O)N[C@H]1CC[C@@H](C(=O)O)C1. The maximum atomic E-state index is 11.9. The summed E-state index contributed by atoms with van der Waals surface area (Å²) in [5, 5.41) is 11.4. The Morgan fingerprint density at radius 2 is 1.65 bits per heavy atom. The van der Waals surface area contributed by atoms with Crippen LogP contribution in [0.1, 0.15) is 19.3 Å². The lowest BCUT2D eigenvalue weighted by atomic mass is 10.1. The van der Waals surface area contributed by atoms with E-state index in [1.165, 1.54) is 0 Å². The average molecular weight is 286 g/mol. The Labute approximate surface area is 115 Å². The molecule has 112 valence electrons. The van der Waals surface area contributed by atoms with E-state index in [0.29, 0.717) is 19.3 Å². The van der Waals surface area contributed by atoms with Crippen molar-refractivity contribution in [2.45, 2.75) is 25.3 Å². The molecule has 1 aliphatic rings. The van der Waals surface area contributed by atoms with Gasteiger partial charge in [-0.2, -0.15) is 0 Å². The van der Waals surface area contributed by atoms with E-state index in [2.05, 4.69) is 5.32 Å². The Balaban J connectivity index is 2.55. The number of rotatable bonds is 6. The summed E-state index contributed by atoms with van der Waals surface area (Å²) < 4.78 is 0. The minimum atomic E-state index is -0.895. The normalized spacial score (nSPS) is 21.2. The molecule has 20 heavy (non-hydrogen) atoms. The van der Waals surface area contributed by atoms with Crippen LogP contribution in [0.4, 0.5) is 4.79 Å². The Bertz CT molecular complexity index is 409. The molecule has 2 atom stereocenters. The smallest absolute Gasteiger partial charge is 0.318 e. The van der Waals surface area contributed by atoms with Crippen molar-refractivity contribution >= 4 is 23.8 Å². The van der Waals surface area contributed by atoms with E-state index >= 15 is 0 Å². The summed E-state index contributed by atoms with van der Waals surface area (Å²) in [5.41, 5.74) is 9.97. The van der Waals surface area contributed by atoms with E-state index in [4.69, 9.17) is 16.6 Å². The number of primary amides is 2. The molecule has 0 aromatic carbocycles. The third kappa shape index (κ3) is 4.75. The number of urea groups is 1. The van der Waals surface area contributed by atoms with Crippen molar-refractivity contribution < 1.29 is 24.3 Å². The Kier molecular flexibility index (Phi) is 5.30. The number of carbonyl (C=O) groups is 4. The number of hydrogen-bond donors (Lipinski definition) is 4. The summed E-state index contributed by atoms with van der Waals surface area (Å²) in [4.78, 5) is 45.3. The van der Waals surface area contributed by atoms with Crippen molar-refractivity contribution in [1.29, 1.82) is 0 Å². The summed E-state index contributed by atoms with van der Waals surface area (Å²) in [6.45, 7) is -0.853. The Hall–Kier alpha value is -2.32. The quantitative estimate of drug-likeness (QED) is 0.454. The second kappa shape index (κ2) is 6.73. The van der Waals surface area contributed by atoms with E-state index in [1.807, 2.05) is 0 Å². The molecule has 1 fully saturated rings. The number of hydrogen-bond acceptors (Lipinski definition) is 4. The second-order valence-corrected chi connectivity index (χ2v) is 4.78. The van der Waals surface area contributed by atoms with Crippen LogP contribution < -0.4 is 16.8 Å². The van der Waals surface area contributed by atoms with Gasteiger partial charge in [-0.05, 0) is 19.3 Å². The molecule has 9 nitrogen and oxygen atoms in total. The number of nitrogens with zero attached hydrogens (tertiary/aromatic N) is 1. The van der Waals surface area contributed by atoms with Crippen LogP contribution in [0.3, 0.4) is 0 Å². The number of amides is 4. The zero-order valence-corrected chi connectivity index (χ0v) is 10.9. The number of nitrogens with one attached hydrogen (secondary N) is 1. The molecule has 6 N–H and O–H groups in total. The summed E-state index contributed by atoms with van der Waals surface area (Å²) >= 11 is 0. The van der Waals surface area contributed by atoms with Crippen molar-refractivity contribution in [3.05, 3.63) is 0 Å². The summed E-state index contributed by atoms with van der Waals surface area (Å²) in [6, 6.07) is -0.953. The van der Waals surface area contributed by atoms with Crippen LogP contribution in [-0.4, -0.2) is 53.0 Å². The molecule has 0 aliphatic heterocycles. The second-order valence-electron chi connectivity index (χ2n) is 4.78. The zero-order chi connectivity index (χ0) is 15.3. The van der Waals surface area contributed by atoms with Crippen LogP contribution in [0.5, 0.6) is 0 Å². The van der Waals surface area contributed by atoms with Gasteiger partial charge < -0.3 is 26.8 Å². The van der Waals surface area contributed by atoms with E-state index in [0.717, 1.165) is 4.90 Å². The van der Waals surface area contributed by atoms with Crippen LogP contribution in [0.25, 0.3) is 0 Å². The van der Waals surface area contributed by atoms with Crippen molar-refractivity contribution in [2.24, 2.45) is 17.4 Å². The molecule has 1 saturated carbocycles. The zero-order valence-electron chi connectivity index (χ0n) is 10.9. The third-order valence-corrected chi connectivity index (χ3v) is 3.09. The molecular formula is C11H18N4O5. The fraction of sp³-hybridized carbons (Fsp3) is 0.636. The lowest BCUT2D eigenvalue weighted by Crippen LogP contribution is -2.50. The van der Waals surface area contributed by atoms with E-state index in [9.17, 15) is 19.2 Å². The molecule has 9 heteroatoms. The van der Waals surface area contributed by atoms with Crippen LogP contribution in [-0.2, 0) is 14.4 Å². The monoisotopic (exact) mass is 286 g/mol. The summed E-state index contributed by atoms with van der Waals surface area (Å²) in [7, 11) is 0. The molecular weight excluding hydrogens is 268 g/mol. The molecule has 0 aromatic heterocycles. The summed E-state index contributed by atoms with van der Waals surface area (Å²) in [6.07, 6.45) is 1.33. The van der Waals surface area contributed by atoms with Crippen molar-refractivity contribution in [3.63, 3.8) is 0 Å². The highest BCUT2D eigenvalue weighted by atomic mass is 16.4. The van der Waals surface area contributed by atoms with Crippen LogP contribution in [0.15, 0.2) is 0 Å². The van der Waals surface area contributed by atoms with Crippen molar-refractivity contribution in [1.82, 2.24) is 10.2 Å². The van der Waals surface area contributed by atoms with E-state index in [-0.39, 0.29) is 6.04 Å². The first kappa shape index (κ1) is 15.7. The standard InChI is InChI=1S/C11H18N4O5/c12-8(16)4-15(5-9(13)17)11(20)14-7-2-1-6(3-7)10(18)19/h6-7H,1-5H2,(H2,12,16)(H2,13,17)(H,14,20)(H,18,19)/t6-,7+/m1/s1. The molecule has 0 aromatic rings. The highest BCUT2D eigenvalue weighted by Gasteiger charge is 2.31. The predicted molar refractivity (Wildman–Crippen MR) is 67.3 cm³/mol. The van der Waals surface area contributed by atoms with Gasteiger partial charge in [0, 0.05) is 6.04 Å². The highest BCUT2D eigenvalue weighted by Crippen LogP contribution is 2.25. The van der Waals surface area contributed by atoms with Gasteiger partial charge >= 0.3 is 12.0 Å². The minimum absolute atomic E-state index is 0.299. The largest absolute Gasteiger partial charge is 0.481 e. The third-order valence-electron chi connectivity index (χ3n) is 3.09. The first-order chi connectivity index (χ1) is 9.29. The van der Waals surface area contributed by atoms with Crippen LogP contribution in [0, 0.1) is 5.92 Å². The Morgan fingerprint density at radius 3 is 2.05 bits per heavy atom. The maximum absolute atomic E-state index is 11.9. The van der Waals surface area contributed by atoms with Crippen molar-refractivity contribution in [2.75, 3.05) is 13.1 Å².